The first kappa shape index (κ1) is 46.0. The molecule has 1 aliphatic rings. The Morgan fingerprint density at radius 2 is 0.571 bits per heavy atom. The first-order valence-electron chi connectivity index (χ1n) is 16.8. The van der Waals surface area contributed by atoms with Gasteiger partial charge in [0.05, 0.1) is 8.80 Å². The molecule has 42 heavy (non-hydrogen) atoms. The van der Waals surface area contributed by atoms with E-state index < -0.39 is 22.3 Å². The van der Waals surface area contributed by atoms with E-state index in [9.17, 15) is 0 Å². The van der Waals surface area contributed by atoms with Crippen LogP contribution in [0.25, 0.3) is 0 Å². The van der Waals surface area contributed by atoms with Crippen molar-refractivity contribution in [3.05, 3.63) is 0 Å². The van der Waals surface area contributed by atoms with Gasteiger partial charge in [-0.15, -0.1) is 0 Å². The average molecular weight is 743 g/mol. The topological polar surface area (TPSA) is 0 Å². The first-order valence-corrected chi connectivity index (χ1v) is 33.8. The van der Waals surface area contributed by atoms with Crippen molar-refractivity contribution >= 4 is 63.4 Å². The summed E-state index contributed by atoms with van der Waals surface area (Å²) in [6.07, 6.45) is 0. The first-order chi connectivity index (χ1) is 17.1. The van der Waals surface area contributed by atoms with Gasteiger partial charge in [-0.05, 0) is 40.3 Å². The molecule has 7 heteroatoms. The maximum absolute atomic E-state index is 2.92. The molecule has 0 unspecified atom stereocenters. The summed E-state index contributed by atoms with van der Waals surface area (Å²) < 4.78 is 0. The predicted octanol–water partition coefficient (Wildman–Crippen LogP) is 13.1. The number of hydrogen-bond acceptors (Lipinski definition) is 0. The van der Waals surface area contributed by atoms with Gasteiger partial charge in [0.25, 0.3) is 0 Å². The Morgan fingerprint density at radius 1 is 0.405 bits per heavy atom. The molecule has 1 heterocycles. The number of hydrogen-bond donors (Lipinski definition) is 0. The average Bonchev–Trinajstić information content (AvgIpc) is 3.33. The standard InChI is InChI=1S/C26H60Si5.C9H21Si.Ge/c1-21(2,3)29(19,22(4,5)6)27-28(30(20,23(7,8)9)24(10,11)12)31(27,25(13,14)15)26(16,17)18;1-8(2,3)10(7)9(4,5)6;/h1-20H3;1-7H3;. The molecule has 0 bridgehead atoms. The molecule has 0 spiro atoms. The van der Waals surface area contributed by atoms with Gasteiger partial charge in [-0.25, -0.2) is 0 Å². The van der Waals surface area contributed by atoms with Crippen molar-refractivity contribution in [3.8, 4) is 0 Å². The van der Waals surface area contributed by atoms with Crippen LogP contribution in [0.1, 0.15) is 166 Å². The largest absolute Gasteiger partial charge is 0.0709 e. The van der Waals surface area contributed by atoms with Crippen molar-refractivity contribution in [1.29, 1.82) is 0 Å². The van der Waals surface area contributed by atoms with E-state index in [-0.39, 0.29) is 41.1 Å². The summed E-state index contributed by atoms with van der Waals surface area (Å²) in [5.74, 6) is 0. The quantitative estimate of drug-likeness (QED) is 0.247. The van der Waals surface area contributed by atoms with E-state index in [1.807, 2.05) is 0 Å². The summed E-state index contributed by atoms with van der Waals surface area (Å²) in [5, 5.41) is 4.04. The van der Waals surface area contributed by atoms with E-state index in [1.54, 1.807) is 0 Å². The Bertz CT molecular complexity index is 782. The Morgan fingerprint density at radius 3 is 0.643 bits per heavy atom. The molecule has 0 saturated carbocycles. The Hall–Kier alpha value is 1.84. The van der Waals surface area contributed by atoms with E-state index in [4.69, 9.17) is 0 Å². The van der Waals surface area contributed by atoms with Crippen molar-refractivity contribution in [3.63, 3.8) is 0 Å². The van der Waals surface area contributed by atoms with Gasteiger partial charge < -0.3 is 0 Å². The van der Waals surface area contributed by atoms with Crippen molar-refractivity contribution < 1.29 is 0 Å². The van der Waals surface area contributed by atoms with E-state index in [0.29, 0.717) is 40.3 Å². The molecule has 1 aliphatic heterocycles. The minimum absolute atomic E-state index is 0. The van der Waals surface area contributed by atoms with Crippen molar-refractivity contribution in [2.24, 2.45) is 0 Å². The summed E-state index contributed by atoms with van der Waals surface area (Å²) in [6.45, 7) is 70.4. The maximum atomic E-state index is 2.92. The van der Waals surface area contributed by atoms with Crippen molar-refractivity contribution in [1.82, 2.24) is 0 Å². The van der Waals surface area contributed by atoms with Gasteiger partial charge >= 0.3 is 0 Å². The second-order valence-corrected chi connectivity index (χ2v) is 73.1. The van der Waals surface area contributed by atoms with Crippen LogP contribution in [-0.4, -0.2) is 63.4 Å². The fourth-order valence-corrected chi connectivity index (χ4v) is 207. The van der Waals surface area contributed by atoms with Crippen LogP contribution in [0.2, 0.25) is 59.9 Å². The predicted molar refractivity (Wildman–Crippen MR) is 216 cm³/mol. The van der Waals surface area contributed by atoms with Crippen LogP contribution in [-0.2, 0) is 0 Å². The molecule has 0 aromatic carbocycles. The molecule has 0 aromatic rings. The normalized spacial score (nSPS) is 18.9. The fourth-order valence-electron chi connectivity index (χ4n) is 9.03. The molecule has 0 aromatic heterocycles. The summed E-state index contributed by atoms with van der Waals surface area (Å²) >= 11 is 0. The minimum Gasteiger partial charge on any atom is -0.0709 e. The zero-order chi connectivity index (χ0) is 34.2. The molecular weight excluding hydrogens is 662 g/mol. The second kappa shape index (κ2) is 12.7. The molecular formula is C35H81GeSi6. The van der Waals surface area contributed by atoms with Crippen LogP contribution >= 0.6 is 0 Å². The number of rotatable bonds is 2. The van der Waals surface area contributed by atoms with E-state index in [2.05, 4.69) is 186 Å². The van der Waals surface area contributed by atoms with Gasteiger partial charge in [-0.3, -0.25) is 0 Å². The Labute approximate surface area is 287 Å². The summed E-state index contributed by atoms with van der Waals surface area (Å²) in [6, 6.07) is 0. The van der Waals surface area contributed by atoms with Gasteiger partial charge in [-0.2, -0.15) is 0 Å². The molecule has 249 valence electrons. The van der Waals surface area contributed by atoms with Crippen LogP contribution < -0.4 is 0 Å². The second-order valence-electron chi connectivity index (χ2n) is 22.4. The van der Waals surface area contributed by atoms with Crippen LogP contribution in [0.3, 0.4) is 0 Å². The summed E-state index contributed by atoms with van der Waals surface area (Å²) in [5.41, 5.74) is 0. The summed E-state index contributed by atoms with van der Waals surface area (Å²) in [7, 11) is -5.57. The minimum atomic E-state index is -1.56. The maximum Gasteiger partial charge on any atom is 0.0561 e. The Balaban J connectivity index is 0. The van der Waals surface area contributed by atoms with Gasteiger partial charge in [0, 0.05) is 54.6 Å². The van der Waals surface area contributed by atoms with Crippen molar-refractivity contribution in [2.45, 2.75) is 226 Å². The molecule has 0 amide bonds. The van der Waals surface area contributed by atoms with Gasteiger partial charge in [0.1, 0.15) is 0 Å². The fraction of sp³-hybridized carbons (Fsp3) is 1.00. The summed E-state index contributed by atoms with van der Waals surface area (Å²) in [4.78, 5) is 0. The van der Waals surface area contributed by atoms with Gasteiger partial charge in [0.2, 0.25) is 0 Å². The third-order valence-corrected chi connectivity index (χ3v) is 119. The van der Waals surface area contributed by atoms with Crippen LogP contribution in [0.4, 0.5) is 0 Å². The molecule has 1 rings (SSSR count). The van der Waals surface area contributed by atoms with E-state index in [1.165, 1.54) is 0 Å². The van der Waals surface area contributed by atoms with Crippen molar-refractivity contribution in [2.75, 3.05) is 0 Å². The molecule has 0 nitrogen and oxygen atoms in total. The Kier molecular flexibility index (Phi) is 13.9. The van der Waals surface area contributed by atoms with Gasteiger partial charge in [-0.1, -0.05) is 186 Å². The zero-order valence-electron chi connectivity index (χ0n) is 34.5. The van der Waals surface area contributed by atoms with E-state index >= 15 is 0 Å². The molecule has 0 aliphatic carbocycles. The SMILES string of the molecule is CC(C)(C)[Si](C)([Si]1[Si]([Si](C)(C(C)(C)C)C(C)(C)C)[Si]1(C(C)(C)C)C(C)(C)C)C(C)(C)C.C[Si](C(C)(C)C)C(C)(C)C.[Ge]. The third kappa shape index (κ3) is 7.93. The third-order valence-electron chi connectivity index (χ3n) is 12.4. The van der Waals surface area contributed by atoms with Crippen LogP contribution in [0.15, 0.2) is 0 Å². The van der Waals surface area contributed by atoms with Crippen LogP contribution in [0, 0.1) is 0 Å². The monoisotopic (exact) mass is 743 g/mol. The smallest absolute Gasteiger partial charge is 0.0561 e. The zero-order valence-corrected chi connectivity index (χ0v) is 42.6. The van der Waals surface area contributed by atoms with Crippen LogP contribution in [0.5, 0.6) is 0 Å². The molecule has 0 atom stereocenters. The molecule has 7 radical (unpaired) electrons. The molecule has 1 saturated heterocycles. The van der Waals surface area contributed by atoms with E-state index in [0.717, 1.165) is 0 Å². The molecule has 0 N–H and O–H groups in total. The van der Waals surface area contributed by atoms with Gasteiger partial charge in [0.15, 0.2) is 0 Å². The molecule has 1 fully saturated rings.